The number of esters is 5. The SMILES string of the molecule is CCOc1c(OC(=O)c2ccccc2)c(=O)oc2cc(O[C@@H]3O[C@H](COC(C)=O)[C@@H](OC(C)=O)[C@H](OC(C)=O)[C@H]3OC(C)=O)ccc12. The van der Waals surface area contributed by atoms with E-state index in [1.165, 1.54) is 30.3 Å². The van der Waals surface area contributed by atoms with E-state index in [0.29, 0.717) is 0 Å². The molecule has 0 saturated carbocycles. The zero-order valence-corrected chi connectivity index (χ0v) is 26.0. The van der Waals surface area contributed by atoms with E-state index >= 15 is 0 Å². The molecule has 0 unspecified atom stereocenters. The number of ether oxygens (including phenoxy) is 8. The number of carbonyl (C=O) groups excluding carboxylic acids is 5. The molecule has 0 radical (unpaired) electrons. The van der Waals surface area contributed by atoms with Crippen LogP contribution >= 0.6 is 0 Å². The van der Waals surface area contributed by atoms with Gasteiger partial charge in [-0.2, -0.15) is 0 Å². The Morgan fingerprint density at radius 2 is 1.40 bits per heavy atom. The second-order valence-corrected chi connectivity index (χ2v) is 10.1. The summed E-state index contributed by atoms with van der Waals surface area (Å²) >= 11 is 0. The van der Waals surface area contributed by atoms with Gasteiger partial charge in [0, 0.05) is 33.8 Å². The van der Waals surface area contributed by atoms with Crippen molar-refractivity contribution in [3.63, 3.8) is 0 Å². The van der Waals surface area contributed by atoms with Gasteiger partial charge < -0.3 is 42.3 Å². The molecule has 5 atom stereocenters. The van der Waals surface area contributed by atoms with Gasteiger partial charge in [0.15, 0.2) is 18.0 Å². The molecule has 4 rings (SSSR count). The molecule has 1 fully saturated rings. The van der Waals surface area contributed by atoms with Gasteiger partial charge in [-0.15, -0.1) is 0 Å². The number of rotatable bonds is 11. The number of hydrogen-bond acceptors (Lipinski definition) is 15. The van der Waals surface area contributed by atoms with E-state index in [9.17, 15) is 28.8 Å². The number of fused-ring (bicyclic) bond motifs is 1. The van der Waals surface area contributed by atoms with Gasteiger partial charge in [-0.25, -0.2) is 9.59 Å². The minimum absolute atomic E-state index is 0.0121. The van der Waals surface area contributed by atoms with E-state index < -0.39 is 78.5 Å². The van der Waals surface area contributed by atoms with E-state index in [1.807, 2.05) is 0 Å². The van der Waals surface area contributed by atoms with Crippen molar-refractivity contribution in [2.45, 2.75) is 65.3 Å². The standard InChI is InChI=1S/C32H32O15/c1-6-39-25-22-13-12-21(14-23(22)45-31(38)28(25)47-30(37)20-10-8-7-9-11-20)44-32-29(43-19(5)36)27(42-18(4)35)26(41-17(3)34)24(46-32)15-40-16(2)33/h7-14,24,26-27,29,32H,6,15H2,1-5H3/t24-,26-,27+,29-,32-/m1/s1. The molecule has 1 aliphatic heterocycles. The van der Waals surface area contributed by atoms with E-state index in [0.717, 1.165) is 27.7 Å². The fraction of sp³-hybridized carbons (Fsp3) is 0.375. The maximum Gasteiger partial charge on any atom is 0.383 e. The minimum atomic E-state index is -1.53. The maximum absolute atomic E-state index is 13.0. The van der Waals surface area contributed by atoms with E-state index in [4.69, 9.17) is 42.3 Å². The van der Waals surface area contributed by atoms with Crippen LogP contribution in [0.5, 0.6) is 17.2 Å². The number of hydrogen-bond donors (Lipinski definition) is 0. The van der Waals surface area contributed by atoms with Gasteiger partial charge in [-0.05, 0) is 31.2 Å². The first-order chi connectivity index (χ1) is 22.4. The zero-order chi connectivity index (χ0) is 34.2. The first-order valence-corrected chi connectivity index (χ1v) is 14.4. The van der Waals surface area contributed by atoms with E-state index in [2.05, 4.69) is 0 Å². The van der Waals surface area contributed by atoms with Crippen LogP contribution in [-0.4, -0.2) is 73.8 Å². The highest BCUT2D eigenvalue weighted by Gasteiger charge is 2.53. The normalized spacial score (nSPS) is 20.4. The van der Waals surface area contributed by atoms with Gasteiger partial charge in [0.1, 0.15) is 24.0 Å². The van der Waals surface area contributed by atoms with Crippen molar-refractivity contribution < 1.29 is 66.3 Å². The quantitative estimate of drug-likeness (QED) is 0.166. The Morgan fingerprint density at radius 3 is 2.02 bits per heavy atom. The first-order valence-electron chi connectivity index (χ1n) is 14.4. The van der Waals surface area contributed by atoms with Crippen molar-refractivity contribution >= 4 is 40.8 Å². The van der Waals surface area contributed by atoms with Gasteiger partial charge in [0.05, 0.1) is 17.6 Å². The zero-order valence-electron chi connectivity index (χ0n) is 26.0. The summed E-state index contributed by atoms with van der Waals surface area (Å²) in [6.07, 6.45) is -7.09. The van der Waals surface area contributed by atoms with Crippen LogP contribution in [0, 0.1) is 0 Å². The first kappa shape index (κ1) is 34.4. The molecular weight excluding hydrogens is 624 g/mol. The number of benzene rings is 2. The molecule has 3 aromatic rings. The summed E-state index contributed by atoms with van der Waals surface area (Å²) in [5.41, 5.74) is -0.862. The lowest BCUT2D eigenvalue weighted by Gasteiger charge is -2.43. The molecule has 0 bridgehead atoms. The Kier molecular flexibility index (Phi) is 11.2. The molecule has 1 aliphatic rings. The molecule has 15 nitrogen and oxygen atoms in total. The largest absolute Gasteiger partial charge is 0.489 e. The molecule has 47 heavy (non-hydrogen) atoms. The predicted molar refractivity (Wildman–Crippen MR) is 158 cm³/mol. The molecular formula is C32H32O15. The average Bonchev–Trinajstić information content (AvgIpc) is 3.00. The lowest BCUT2D eigenvalue weighted by molar-refractivity contribution is -0.288. The highest BCUT2D eigenvalue weighted by molar-refractivity contribution is 5.93. The van der Waals surface area contributed by atoms with E-state index in [1.54, 1.807) is 25.1 Å². The average molecular weight is 657 g/mol. The summed E-state index contributed by atoms with van der Waals surface area (Å²) in [5.74, 6) is -4.39. The second-order valence-electron chi connectivity index (χ2n) is 10.1. The molecule has 0 spiro atoms. The topological polar surface area (TPSA) is 189 Å². The van der Waals surface area contributed by atoms with Crippen molar-refractivity contribution in [1.82, 2.24) is 0 Å². The third-order valence-corrected chi connectivity index (χ3v) is 6.49. The summed E-state index contributed by atoms with van der Waals surface area (Å²) in [6.45, 7) is 5.76. The van der Waals surface area contributed by atoms with Crippen LogP contribution in [0.1, 0.15) is 45.0 Å². The van der Waals surface area contributed by atoms with Gasteiger partial charge in [-0.1, -0.05) is 18.2 Å². The third-order valence-electron chi connectivity index (χ3n) is 6.49. The smallest absolute Gasteiger partial charge is 0.383 e. The highest BCUT2D eigenvalue weighted by atomic mass is 16.7. The number of carbonyl (C=O) groups is 5. The van der Waals surface area contributed by atoms with Crippen LogP contribution in [0.25, 0.3) is 11.0 Å². The van der Waals surface area contributed by atoms with Crippen LogP contribution < -0.4 is 19.8 Å². The van der Waals surface area contributed by atoms with Crippen LogP contribution in [0.3, 0.4) is 0 Å². The molecule has 2 aromatic carbocycles. The van der Waals surface area contributed by atoms with E-state index in [-0.39, 0.29) is 34.6 Å². The van der Waals surface area contributed by atoms with Gasteiger partial charge in [0.25, 0.3) is 5.75 Å². The van der Waals surface area contributed by atoms with Crippen LogP contribution in [-0.2, 0) is 42.9 Å². The minimum Gasteiger partial charge on any atom is -0.489 e. The molecule has 2 heterocycles. The predicted octanol–water partition coefficient (Wildman–Crippen LogP) is 2.87. The Morgan fingerprint density at radius 1 is 0.766 bits per heavy atom. The van der Waals surface area contributed by atoms with Crippen LogP contribution in [0.4, 0.5) is 0 Å². The van der Waals surface area contributed by atoms with Crippen LogP contribution in [0.2, 0.25) is 0 Å². The fourth-order valence-corrected chi connectivity index (χ4v) is 4.73. The van der Waals surface area contributed by atoms with Gasteiger partial charge in [0.2, 0.25) is 12.4 Å². The Hall–Kier alpha value is -5.44. The summed E-state index contributed by atoms with van der Waals surface area (Å²) in [5, 5.41) is 0.246. The van der Waals surface area contributed by atoms with Gasteiger partial charge >= 0.3 is 35.5 Å². The van der Waals surface area contributed by atoms with Crippen molar-refractivity contribution in [2.24, 2.45) is 0 Å². The fourth-order valence-electron chi connectivity index (χ4n) is 4.73. The second kappa shape index (κ2) is 15.2. The van der Waals surface area contributed by atoms with Crippen LogP contribution in [0.15, 0.2) is 57.7 Å². The van der Waals surface area contributed by atoms with Crippen molar-refractivity contribution in [1.29, 1.82) is 0 Å². The molecule has 250 valence electrons. The third kappa shape index (κ3) is 8.64. The Bertz CT molecular complexity index is 1700. The summed E-state index contributed by atoms with van der Waals surface area (Å²) in [7, 11) is 0. The summed E-state index contributed by atoms with van der Waals surface area (Å²) < 4.78 is 49.8. The molecule has 0 N–H and O–H groups in total. The monoisotopic (exact) mass is 656 g/mol. The summed E-state index contributed by atoms with van der Waals surface area (Å²) in [6, 6.07) is 12.2. The molecule has 0 aliphatic carbocycles. The molecule has 15 heteroatoms. The molecule has 0 amide bonds. The van der Waals surface area contributed by atoms with Crippen molar-refractivity contribution in [2.75, 3.05) is 13.2 Å². The lowest BCUT2D eigenvalue weighted by atomic mass is 9.98. The Balaban J connectivity index is 1.72. The molecule has 1 aromatic heterocycles. The Labute approximate surface area is 267 Å². The van der Waals surface area contributed by atoms with Gasteiger partial charge in [-0.3, -0.25) is 19.2 Å². The molecule has 1 saturated heterocycles. The van der Waals surface area contributed by atoms with Crippen molar-refractivity contribution in [3.8, 4) is 17.2 Å². The lowest BCUT2D eigenvalue weighted by Crippen LogP contribution is -2.63. The maximum atomic E-state index is 13.0. The van der Waals surface area contributed by atoms with Crippen molar-refractivity contribution in [3.05, 3.63) is 64.5 Å². The highest BCUT2D eigenvalue weighted by Crippen LogP contribution is 2.36. The summed E-state index contributed by atoms with van der Waals surface area (Å²) in [4.78, 5) is 73.5.